The molecule has 1 fully saturated rings. The highest BCUT2D eigenvalue weighted by Crippen LogP contribution is 2.30. The first-order chi connectivity index (χ1) is 12.5. The van der Waals surface area contributed by atoms with E-state index in [9.17, 15) is 4.79 Å². The summed E-state index contributed by atoms with van der Waals surface area (Å²) in [6.07, 6.45) is 3.87. The first-order valence-electron chi connectivity index (χ1n) is 9.16. The minimum absolute atomic E-state index is 0.0766. The Morgan fingerprint density at radius 3 is 2.92 bits per heavy atom. The molecule has 2 N–H and O–H groups in total. The molecule has 1 saturated heterocycles. The predicted molar refractivity (Wildman–Crippen MR) is 109 cm³/mol. The van der Waals surface area contributed by atoms with Crippen LogP contribution >= 0.6 is 11.8 Å². The summed E-state index contributed by atoms with van der Waals surface area (Å²) in [5.74, 6) is 1.15. The maximum absolute atomic E-state index is 13.0. The lowest BCUT2D eigenvalue weighted by molar-refractivity contribution is -0.119. The molecule has 1 aliphatic rings. The lowest BCUT2D eigenvalue weighted by Crippen LogP contribution is -2.28. The van der Waals surface area contributed by atoms with E-state index >= 15 is 0 Å². The summed E-state index contributed by atoms with van der Waals surface area (Å²) in [6.45, 7) is 8.02. The number of nitrogens with zero attached hydrogens (tertiary/aromatic N) is 2. The molecule has 6 heteroatoms. The van der Waals surface area contributed by atoms with Crippen LogP contribution in [0.25, 0.3) is 0 Å². The standard InChI is InChI=1S/C20H28N4OS/c1-13(2)26-12-15-6-5-7-19(14(15)3)23-20(25)18-10-21-9-17(18)16-8-22-24(4)11-16/h5-8,11,13,17-18,21H,9-10,12H2,1-4H3,(H,23,25)/t17-,18+/m1/s1. The van der Waals surface area contributed by atoms with Gasteiger partial charge in [0.2, 0.25) is 5.91 Å². The average Bonchev–Trinajstić information content (AvgIpc) is 3.24. The van der Waals surface area contributed by atoms with Crippen molar-refractivity contribution in [2.24, 2.45) is 13.0 Å². The fourth-order valence-corrected chi connectivity index (χ4v) is 4.22. The quantitative estimate of drug-likeness (QED) is 0.817. The number of hydrogen-bond donors (Lipinski definition) is 2. The fourth-order valence-electron chi connectivity index (χ4n) is 3.39. The van der Waals surface area contributed by atoms with E-state index in [1.54, 1.807) is 4.68 Å². The highest BCUT2D eigenvalue weighted by molar-refractivity contribution is 7.99. The van der Waals surface area contributed by atoms with E-state index in [0.29, 0.717) is 11.8 Å². The highest BCUT2D eigenvalue weighted by Gasteiger charge is 2.34. The second-order valence-corrected chi connectivity index (χ2v) is 8.82. The zero-order chi connectivity index (χ0) is 18.7. The van der Waals surface area contributed by atoms with Crippen molar-refractivity contribution in [1.29, 1.82) is 0 Å². The maximum atomic E-state index is 13.0. The van der Waals surface area contributed by atoms with Crippen LogP contribution in [-0.2, 0) is 17.6 Å². The van der Waals surface area contributed by atoms with Crippen LogP contribution in [-0.4, -0.2) is 34.0 Å². The zero-order valence-corrected chi connectivity index (χ0v) is 16.8. The number of hydrogen-bond acceptors (Lipinski definition) is 4. The number of carbonyl (C=O) groups is 1. The molecular formula is C20H28N4OS. The summed E-state index contributed by atoms with van der Waals surface area (Å²) in [5, 5.41) is 11.4. The van der Waals surface area contributed by atoms with Gasteiger partial charge in [0.05, 0.1) is 12.1 Å². The van der Waals surface area contributed by atoms with Gasteiger partial charge in [0.25, 0.3) is 0 Å². The van der Waals surface area contributed by atoms with Crippen molar-refractivity contribution in [2.45, 2.75) is 37.7 Å². The molecule has 26 heavy (non-hydrogen) atoms. The summed E-state index contributed by atoms with van der Waals surface area (Å²) < 4.78 is 1.79. The number of amides is 1. The van der Waals surface area contributed by atoms with Crippen molar-refractivity contribution in [3.05, 3.63) is 47.3 Å². The molecule has 3 rings (SSSR count). The number of carbonyl (C=O) groups excluding carboxylic acids is 1. The monoisotopic (exact) mass is 372 g/mol. The minimum atomic E-state index is -0.0766. The van der Waals surface area contributed by atoms with Gasteiger partial charge in [-0.3, -0.25) is 9.48 Å². The van der Waals surface area contributed by atoms with Gasteiger partial charge >= 0.3 is 0 Å². The Morgan fingerprint density at radius 1 is 1.42 bits per heavy atom. The third-order valence-corrected chi connectivity index (χ3v) is 6.12. The summed E-state index contributed by atoms with van der Waals surface area (Å²) >= 11 is 1.92. The SMILES string of the molecule is Cc1c(CSC(C)C)cccc1NC(=O)[C@H]1CNC[C@@H]1c1cnn(C)c1. The smallest absolute Gasteiger partial charge is 0.229 e. The van der Waals surface area contributed by atoms with Gasteiger partial charge < -0.3 is 10.6 Å². The molecule has 140 valence electrons. The van der Waals surface area contributed by atoms with Crippen LogP contribution in [0.1, 0.15) is 36.5 Å². The van der Waals surface area contributed by atoms with Crippen LogP contribution < -0.4 is 10.6 Å². The predicted octanol–water partition coefficient (Wildman–Crippen LogP) is 3.31. The van der Waals surface area contributed by atoms with Crippen molar-refractivity contribution >= 4 is 23.4 Å². The van der Waals surface area contributed by atoms with Gasteiger partial charge in [0.15, 0.2) is 0 Å². The van der Waals surface area contributed by atoms with E-state index in [0.717, 1.165) is 29.1 Å². The van der Waals surface area contributed by atoms with E-state index in [4.69, 9.17) is 0 Å². The molecule has 2 heterocycles. The van der Waals surface area contributed by atoms with Crippen molar-refractivity contribution in [2.75, 3.05) is 18.4 Å². The fraction of sp³-hybridized carbons (Fsp3) is 0.500. The third kappa shape index (κ3) is 4.30. The second-order valence-electron chi connectivity index (χ2n) is 7.26. The molecule has 0 aliphatic carbocycles. The van der Waals surface area contributed by atoms with Crippen LogP contribution in [0.3, 0.4) is 0 Å². The first-order valence-corrected chi connectivity index (χ1v) is 10.2. The minimum Gasteiger partial charge on any atom is -0.326 e. The van der Waals surface area contributed by atoms with E-state index in [1.807, 2.05) is 43.3 Å². The summed E-state index contributed by atoms with van der Waals surface area (Å²) in [6, 6.07) is 6.18. The van der Waals surface area contributed by atoms with Crippen LogP contribution in [0.5, 0.6) is 0 Å². The number of aromatic nitrogens is 2. The average molecular weight is 373 g/mol. The second kappa shape index (κ2) is 8.27. The van der Waals surface area contributed by atoms with Gasteiger partial charge in [-0.15, -0.1) is 0 Å². The molecule has 0 radical (unpaired) electrons. The molecule has 1 aromatic heterocycles. The topological polar surface area (TPSA) is 59.0 Å². The molecule has 1 amide bonds. The van der Waals surface area contributed by atoms with Gasteiger partial charge in [-0.25, -0.2) is 0 Å². The lowest BCUT2D eigenvalue weighted by atomic mass is 9.90. The molecule has 0 unspecified atom stereocenters. The normalized spacial score (nSPS) is 19.9. The number of benzene rings is 1. The number of thioether (sulfide) groups is 1. The van der Waals surface area contributed by atoms with Crippen molar-refractivity contribution in [3.63, 3.8) is 0 Å². The van der Waals surface area contributed by atoms with Gasteiger partial charge in [0, 0.05) is 43.7 Å². The van der Waals surface area contributed by atoms with E-state index < -0.39 is 0 Å². The van der Waals surface area contributed by atoms with Gasteiger partial charge in [-0.1, -0.05) is 26.0 Å². The molecule has 2 atom stereocenters. The van der Waals surface area contributed by atoms with E-state index in [1.165, 1.54) is 5.56 Å². The zero-order valence-electron chi connectivity index (χ0n) is 16.0. The lowest BCUT2D eigenvalue weighted by Gasteiger charge is -2.19. The Bertz CT molecular complexity index is 771. The molecule has 0 spiro atoms. The molecule has 2 aromatic rings. The Kier molecular flexibility index (Phi) is 6.04. The number of aryl methyl sites for hydroxylation is 1. The number of nitrogens with one attached hydrogen (secondary N) is 2. The summed E-state index contributed by atoms with van der Waals surface area (Å²) in [4.78, 5) is 13.0. The Hall–Kier alpha value is -1.79. The molecule has 1 aromatic carbocycles. The highest BCUT2D eigenvalue weighted by atomic mass is 32.2. The van der Waals surface area contributed by atoms with Crippen LogP contribution in [0.4, 0.5) is 5.69 Å². The molecule has 0 saturated carbocycles. The van der Waals surface area contributed by atoms with Crippen molar-refractivity contribution < 1.29 is 4.79 Å². The van der Waals surface area contributed by atoms with Crippen LogP contribution in [0.15, 0.2) is 30.6 Å². The van der Waals surface area contributed by atoms with E-state index in [2.05, 4.69) is 42.6 Å². The molecule has 1 aliphatic heterocycles. The molecular weight excluding hydrogens is 344 g/mol. The van der Waals surface area contributed by atoms with Crippen molar-refractivity contribution in [1.82, 2.24) is 15.1 Å². The van der Waals surface area contributed by atoms with Crippen LogP contribution in [0.2, 0.25) is 0 Å². The molecule has 0 bridgehead atoms. The van der Waals surface area contributed by atoms with E-state index in [-0.39, 0.29) is 17.7 Å². The number of rotatable bonds is 6. The first kappa shape index (κ1) is 19.0. The Balaban J connectivity index is 1.72. The van der Waals surface area contributed by atoms with Crippen molar-refractivity contribution in [3.8, 4) is 0 Å². The van der Waals surface area contributed by atoms with Gasteiger partial charge in [-0.05, 0) is 34.9 Å². The van der Waals surface area contributed by atoms with Gasteiger partial charge in [0.1, 0.15) is 0 Å². The summed E-state index contributed by atoms with van der Waals surface area (Å²) in [7, 11) is 1.91. The third-order valence-electron chi connectivity index (χ3n) is 4.98. The Labute approximate surface area is 159 Å². The largest absolute Gasteiger partial charge is 0.326 e. The maximum Gasteiger partial charge on any atom is 0.229 e. The van der Waals surface area contributed by atoms with Gasteiger partial charge in [-0.2, -0.15) is 16.9 Å². The number of anilines is 1. The van der Waals surface area contributed by atoms with Crippen LogP contribution in [0, 0.1) is 12.8 Å². The summed E-state index contributed by atoms with van der Waals surface area (Å²) in [5.41, 5.74) is 4.50. The Morgan fingerprint density at radius 2 is 2.23 bits per heavy atom. The molecule has 5 nitrogen and oxygen atoms in total.